The fourth-order valence-corrected chi connectivity index (χ4v) is 2.13. The Morgan fingerprint density at radius 1 is 1.17 bits per heavy atom. The van der Waals surface area contributed by atoms with Gasteiger partial charge in [-0.05, 0) is 29.8 Å². The second-order valence-electron chi connectivity index (χ2n) is 4.72. The van der Waals surface area contributed by atoms with Gasteiger partial charge in [-0.3, -0.25) is 0 Å². The van der Waals surface area contributed by atoms with Crippen LogP contribution in [0.3, 0.4) is 0 Å². The fraction of sp³-hybridized carbons (Fsp3) is 0. The van der Waals surface area contributed by atoms with Crippen LogP contribution < -0.4 is 5.73 Å². The minimum Gasteiger partial charge on any atom is -0.350 e. The van der Waals surface area contributed by atoms with Crippen molar-refractivity contribution < 1.29 is 18.0 Å². The third kappa shape index (κ3) is 2.80. The normalized spacial score (nSPS) is 11.4. The second kappa shape index (κ2) is 5.60. The van der Waals surface area contributed by atoms with E-state index in [0.29, 0.717) is 16.6 Å². The van der Waals surface area contributed by atoms with Gasteiger partial charge in [-0.1, -0.05) is 12.1 Å². The van der Waals surface area contributed by atoms with E-state index in [1.54, 1.807) is 0 Å². The van der Waals surface area contributed by atoms with Gasteiger partial charge in [0.15, 0.2) is 11.6 Å². The number of hydrogen-bond donors (Lipinski definition) is 1. The van der Waals surface area contributed by atoms with Gasteiger partial charge in [0, 0.05) is 17.5 Å². The molecule has 0 fully saturated rings. The molecular weight excluding hydrogens is 307 g/mol. The number of rotatable bonds is 2. The van der Waals surface area contributed by atoms with E-state index < -0.39 is 23.5 Å². The Kier molecular flexibility index (Phi) is 3.61. The minimum atomic E-state index is -0.977. The summed E-state index contributed by atoms with van der Waals surface area (Å²) in [5, 5.41) is 4.43. The Labute approximate surface area is 128 Å². The number of carbonyl (C=O) groups is 1. The maximum absolute atomic E-state index is 13.3. The van der Waals surface area contributed by atoms with Crippen molar-refractivity contribution in [3.63, 3.8) is 0 Å². The zero-order valence-corrected chi connectivity index (χ0v) is 11.6. The molecule has 0 unspecified atom stereocenters. The maximum Gasteiger partial charge on any atom is 0.340 e. The van der Waals surface area contributed by atoms with Crippen molar-refractivity contribution in [2.45, 2.75) is 0 Å². The minimum absolute atomic E-state index is 0.193. The Bertz CT molecular complexity index is 947. The van der Waals surface area contributed by atoms with Crippen LogP contribution >= 0.6 is 0 Å². The van der Waals surface area contributed by atoms with E-state index in [4.69, 9.17) is 5.73 Å². The maximum atomic E-state index is 13.3. The van der Waals surface area contributed by atoms with Crippen LogP contribution in [0.5, 0.6) is 0 Å². The molecule has 2 aromatic carbocycles. The van der Waals surface area contributed by atoms with E-state index in [1.165, 1.54) is 24.3 Å². The van der Waals surface area contributed by atoms with Crippen LogP contribution in [0.25, 0.3) is 23.1 Å². The number of nitrogens with zero attached hydrogens (tertiary/aromatic N) is 2. The number of carbonyl (C=O) groups excluding carboxylic acids is 1. The van der Waals surface area contributed by atoms with E-state index in [0.717, 1.165) is 22.9 Å². The average molecular weight is 316 g/mol. The summed E-state index contributed by atoms with van der Waals surface area (Å²) < 4.78 is 40.2. The molecule has 1 heterocycles. The molecule has 0 atom stereocenters. The summed E-state index contributed by atoms with van der Waals surface area (Å²) in [6, 6.07) is 7.32. The summed E-state index contributed by atoms with van der Waals surface area (Å²) >= 11 is 0. The van der Waals surface area contributed by atoms with Crippen molar-refractivity contribution in [1.82, 2.24) is 9.78 Å². The van der Waals surface area contributed by atoms with Crippen molar-refractivity contribution in [3.8, 4) is 0 Å². The number of amides is 1. The summed E-state index contributed by atoms with van der Waals surface area (Å²) in [4.78, 5) is 11.4. The topological polar surface area (TPSA) is 60.9 Å². The predicted octanol–water partition coefficient (Wildman–Crippen LogP) is 3.35. The van der Waals surface area contributed by atoms with Gasteiger partial charge >= 0.3 is 6.03 Å². The molecule has 0 bridgehead atoms. The van der Waals surface area contributed by atoms with Gasteiger partial charge in [-0.15, -0.1) is 0 Å². The number of halogens is 3. The molecule has 7 heteroatoms. The molecule has 3 rings (SSSR count). The molecule has 0 aliphatic carbocycles. The van der Waals surface area contributed by atoms with Gasteiger partial charge in [0.25, 0.3) is 0 Å². The molecule has 0 saturated carbocycles. The van der Waals surface area contributed by atoms with Crippen LogP contribution in [0.1, 0.15) is 11.3 Å². The van der Waals surface area contributed by atoms with E-state index in [1.807, 2.05) is 0 Å². The van der Waals surface area contributed by atoms with E-state index >= 15 is 0 Å². The highest BCUT2D eigenvalue weighted by Gasteiger charge is 2.13. The fourth-order valence-electron chi connectivity index (χ4n) is 2.13. The van der Waals surface area contributed by atoms with Crippen LogP contribution in [-0.4, -0.2) is 15.8 Å². The summed E-state index contributed by atoms with van der Waals surface area (Å²) in [6.45, 7) is 0. The lowest BCUT2D eigenvalue weighted by Crippen LogP contribution is -2.20. The van der Waals surface area contributed by atoms with Crippen molar-refractivity contribution in [2.75, 3.05) is 0 Å². The molecule has 0 aliphatic heterocycles. The number of fused-ring (bicyclic) bond motifs is 1. The number of benzene rings is 2. The standard InChI is InChI=1S/C16H9F3N3O/c17-10-3-4-11-14(21-22(16(20)23)15(11)8-10)6-2-9-1-5-12(18)13(19)7-9/h1-2,4-8H,(H2,20,23)/b6-2+. The van der Waals surface area contributed by atoms with Gasteiger partial charge in [0.1, 0.15) is 5.82 Å². The lowest BCUT2D eigenvalue weighted by Gasteiger charge is -1.95. The lowest BCUT2D eigenvalue weighted by atomic mass is 10.1. The molecule has 1 amide bonds. The van der Waals surface area contributed by atoms with Crippen molar-refractivity contribution in [2.24, 2.45) is 5.73 Å². The van der Waals surface area contributed by atoms with Gasteiger partial charge in [-0.25, -0.2) is 18.0 Å². The highest BCUT2D eigenvalue weighted by atomic mass is 19.2. The summed E-state index contributed by atoms with van der Waals surface area (Å²) in [5.41, 5.74) is 6.11. The molecule has 0 saturated heterocycles. The highest BCUT2D eigenvalue weighted by Crippen LogP contribution is 2.21. The second-order valence-corrected chi connectivity index (χ2v) is 4.72. The average Bonchev–Trinajstić information content (AvgIpc) is 2.86. The quantitative estimate of drug-likeness (QED) is 0.788. The highest BCUT2D eigenvalue weighted by molar-refractivity contribution is 5.95. The Morgan fingerprint density at radius 3 is 2.65 bits per heavy atom. The smallest absolute Gasteiger partial charge is 0.340 e. The first-order valence-electron chi connectivity index (χ1n) is 6.48. The Morgan fingerprint density at radius 2 is 1.96 bits per heavy atom. The number of primary amides is 1. The zero-order valence-electron chi connectivity index (χ0n) is 11.6. The first kappa shape index (κ1) is 14.8. The summed E-state index contributed by atoms with van der Waals surface area (Å²) in [5.74, 6) is -2.58. The van der Waals surface area contributed by atoms with Crippen LogP contribution in [0.2, 0.25) is 0 Å². The van der Waals surface area contributed by atoms with Crippen LogP contribution in [0.4, 0.5) is 18.0 Å². The number of nitrogens with two attached hydrogens (primary N) is 1. The molecule has 0 aliphatic rings. The third-order valence-corrected chi connectivity index (χ3v) is 3.19. The molecule has 115 valence electrons. The van der Waals surface area contributed by atoms with Crippen LogP contribution in [-0.2, 0) is 0 Å². The van der Waals surface area contributed by atoms with Crippen molar-refractivity contribution >= 4 is 29.1 Å². The molecule has 4 nitrogen and oxygen atoms in total. The van der Waals surface area contributed by atoms with Crippen molar-refractivity contribution in [3.05, 3.63) is 65.1 Å². The number of aromatic nitrogens is 2. The molecular formula is C16H9F3N3O. The van der Waals surface area contributed by atoms with Crippen molar-refractivity contribution in [1.29, 1.82) is 0 Å². The SMILES string of the molecule is NC(=O)n1nc(/C=C/c2ccc(F)c(F)c2)c2c[c]c(F)cc21. The van der Waals surface area contributed by atoms with E-state index in [2.05, 4.69) is 11.2 Å². The van der Waals surface area contributed by atoms with Gasteiger partial charge in [0.2, 0.25) is 0 Å². The zero-order chi connectivity index (χ0) is 16.6. The van der Waals surface area contributed by atoms with E-state index in [9.17, 15) is 18.0 Å². The predicted molar refractivity (Wildman–Crippen MR) is 78.8 cm³/mol. The molecule has 1 aromatic heterocycles. The molecule has 23 heavy (non-hydrogen) atoms. The molecule has 1 radical (unpaired) electrons. The third-order valence-electron chi connectivity index (χ3n) is 3.19. The van der Waals surface area contributed by atoms with Crippen LogP contribution in [0.15, 0.2) is 30.3 Å². The molecule has 0 spiro atoms. The molecule has 3 aromatic rings. The van der Waals surface area contributed by atoms with Gasteiger partial charge < -0.3 is 5.73 Å². The van der Waals surface area contributed by atoms with Crippen LogP contribution in [0, 0.1) is 23.5 Å². The summed E-state index contributed by atoms with van der Waals surface area (Å²) in [7, 11) is 0. The first-order valence-corrected chi connectivity index (χ1v) is 6.48. The number of hydrogen-bond acceptors (Lipinski definition) is 2. The largest absolute Gasteiger partial charge is 0.350 e. The van der Waals surface area contributed by atoms with Gasteiger partial charge in [-0.2, -0.15) is 9.78 Å². The van der Waals surface area contributed by atoms with E-state index in [-0.39, 0.29) is 5.52 Å². The van der Waals surface area contributed by atoms with Gasteiger partial charge in [0.05, 0.1) is 11.2 Å². The Balaban J connectivity index is 2.07. The monoisotopic (exact) mass is 316 g/mol. The summed E-state index contributed by atoms with van der Waals surface area (Å²) in [6.07, 6.45) is 2.97. The molecule has 2 N–H and O–H groups in total. The first-order chi connectivity index (χ1) is 11.0. The lowest BCUT2D eigenvalue weighted by molar-refractivity contribution is 0.248. The Hall–Kier alpha value is -3.09.